The molecule has 0 fully saturated rings. The second kappa shape index (κ2) is 7.73. The Balaban J connectivity index is 2.25. The van der Waals surface area contributed by atoms with Crippen LogP contribution in [0.15, 0.2) is 47.4 Å². The monoisotopic (exact) mass is 427 g/mol. The Hall–Kier alpha value is -3.10. The van der Waals surface area contributed by atoms with E-state index in [1.165, 1.54) is 30.3 Å². The molecule has 0 aromatic heterocycles. The van der Waals surface area contributed by atoms with Gasteiger partial charge in [0.2, 0.25) is 0 Å². The Morgan fingerprint density at radius 3 is 2.31 bits per heavy atom. The van der Waals surface area contributed by atoms with Crippen LogP contribution in [0.2, 0.25) is 0 Å². The summed E-state index contributed by atoms with van der Waals surface area (Å²) in [5.74, 6) is -2.24. The number of nitrogen functional groups attached to an aromatic ring is 1. The highest BCUT2D eigenvalue weighted by atomic mass is 32.2. The number of nitrogens with one attached hydrogen (secondary N) is 1. The molecular formula is C18H16F3N3O4S. The molecule has 0 saturated carbocycles. The van der Waals surface area contributed by atoms with Gasteiger partial charge in [-0.15, -0.1) is 0 Å². The van der Waals surface area contributed by atoms with Crippen LogP contribution in [0, 0.1) is 11.3 Å². The molecule has 11 heteroatoms. The number of sulfone groups is 1. The van der Waals surface area contributed by atoms with Crippen LogP contribution >= 0.6 is 0 Å². The van der Waals surface area contributed by atoms with Crippen LogP contribution < -0.4 is 11.1 Å². The third-order valence-electron chi connectivity index (χ3n) is 3.90. The number of nitrogens with zero attached hydrogens (tertiary/aromatic N) is 1. The number of rotatable bonds is 5. The molecule has 0 saturated heterocycles. The number of carbonyl (C=O) groups is 1. The molecule has 2 aromatic rings. The molecule has 0 spiro atoms. The van der Waals surface area contributed by atoms with E-state index in [0.29, 0.717) is 11.8 Å². The van der Waals surface area contributed by atoms with Crippen molar-refractivity contribution in [3.8, 4) is 6.07 Å². The first-order valence-corrected chi connectivity index (χ1v) is 9.65. The fourth-order valence-electron chi connectivity index (χ4n) is 2.41. The minimum Gasteiger partial charge on any atom is -0.399 e. The van der Waals surface area contributed by atoms with Crippen LogP contribution in [0.5, 0.6) is 0 Å². The van der Waals surface area contributed by atoms with Crippen LogP contribution in [-0.4, -0.2) is 30.8 Å². The number of carbonyl (C=O) groups excluding carboxylic acids is 1. The quantitative estimate of drug-likeness (QED) is 0.627. The zero-order valence-corrected chi connectivity index (χ0v) is 15.8. The van der Waals surface area contributed by atoms with Gasteiger partial charge in [0.15, 0.2) is 15.4 Å². The Kier molecular flexibility index (Phi) is 5.91. The number of amides is 1. The lowest BCUT2D eigenvalue weighted by atomic mass is 10.1. The molecule has 0 bridgehead atoms. The maximum absolute atomic E-state index is 13.0. The fourth-order valence-corrected chi connectivity index (χ4v) is 4.00. The minimum atomic E-state index is -4.84. The van der Waals surface area contributed by atoms with E-state index in [0.717, 1.165) is 19.1 Å². The van der Waals surface area contributed by atoms with Gasteiger partial charge in [-0.1, -0.05) is 0 Å². The molecule has 0 unspecified atom stereocenters. The average Bonchev–Trinajstić information content (AvgIpc) is 2.60. The lowest BCUT2D eigenvalue weighted by molar-refractivity contribution is -0.137. The van der Waals surface area contributed by atoms with Crippen molar-refractivity contribution >= 4 is 27.1 Å². The minimum absolute atomic E-state index is 0.183. The van der Waals surface area contributed by atoms with Crippen LogP contribution in [0.3, 0.4) is 0 Å². The van der Waals surface area contributed by atoms with Gasteiger partial charge < -0.3 is 16.2 Å². The van der Waals surface area contributed by atoms with Crippen molar-refractivity contribution in [2.24, 2.45) is 0 Å². The third-order valence-corrected chi connectivity index (χ3v) is 5.84. The standard InChI is InChI=1S/C18H16F3N3O4S/c1-17(26,10-29(27,28)14-6-3-12(23)4-7-14)16(25)24-13-5-2-11(9-22)15(8-13)18(19,20)21/h2-8,26H,10,23H2,1H3,(H,24,25)/t17-/m1/s1. The summed E-state index contributed by atoms with van der Waals surface area (Å²) in [4.78, 5) is 12.1. The molecule has 154 valence electrons. The van der Waals surface area contributed by atoms with Crippen LogP contribution in [0.25, 0.3) is 0 Å². The second-order valence-electron chi connectivity index (χ2n) is 6.43. The highest BCUT2D eigenvalue weighted by Crippen LogP contribution is 2.33. The Labute approximate surface area is 164 Å². The predicted molar refractivity (Wildman–Crippen MR) is 98.3 cm³/mol. The Morgan fingerprint density at radius 1 is 1.21 bits per heavy atom. The zero-order chi connectivity index (χ0) is 22.0. The average molecular weight is 427 g/mol. The van der Waals surface area contributed by atoms with Gasteiger partial charge in [0.25, 0.3) is 5.91 Å². The highest BCUT2D eigenvalue weighted by molar-refractivity contribution is 7.91. The number of aliphatic hydroxyl groups is 1. The number of anilines is 2. The topological polar surface area (TPSA) is 133 Å². The number of hydrogen-bond donors (Lipinski definition) is 3. The molecule has 0 heterocycles. The van der Waals surface area contributed by atoms with Crippen molar-refractivity contribution in [1.29, 1.82) is 5.26 Å². The first kappa shape index (κ1) is 22.2. The van der Waals surface area contributed by atoms with Crippen molar-refractivity contribution in [3.05, 3.63) is 53.6 Å². The first-order valence-electron chi connectivity index (χ1n) is 8.00. The lowest BCUT2D eigenvalue weighted by Gasteiger charge is -2.22. The summed E-state index contributed by atoms with van der Waals surface area (Å²) in [7, 11) is -4.10. The molecule has 2 rings (SSSR count). The van der Waals surface area contributed by atoms with Gasteiger partial charge in [-0.3, -0.25) is 4.79 Å². The molecule has 2 aromatic carbocycles. The summed E-state index contributed by atoms with van der Waals surface area (Å²) >= 11 is 0. The molecule has 7 nitrogen and oxygen atoms in total. The van der Waals surface area contributed by atoms with E-state index < -0.39 is 44.4 Å². The highest BCUT2D eigenvalue weighted by Gasteiger charge is 2.38. The van der Waals surface area contributed by atoms with E-state index in [-0.39, 0.29) is 10.6 Å². The molecule has 4 N–H and O–H groups in total. The van der Waals surface area contributed by atoms with Gasteiger partial charge in [-0.05, 0) is 49.4 Å². The summed E-state index contributed by atoms with van der Waals surface area (Å²) in [6, 6.07) is 8.89. The molecule has 29 heavy (non-hydrogen) atoms. The number of hydrogen-bond acceptors (Lipinski definition) is 6. The van der Waals surface area contributed by atoms with Crippen LogP contribution in [-0.2, 0) is 20.8 Å². The van der Waals surface area contributed by atoms with Crippen LogP contribution in [0.1, 0.15) is 18.1 Å². The van der Waals surface area contributed by atoms with E-state index in [2.05, 4.69) is 0 Å². The molecule has 1 atom stereocenters. The van der Waals surface area contributed by atoms with Crippen molar-refractivity contribution in [1.82, 2.24) is 0 Å². The summed E-state index contributed by atoms with van der Waals surface area (Å²) < 4.78 is 63.9. The number of halogens is 3. The van der Waals surface area contributed by atoms with Crippen molar-refractivity contribution in [2.75, 3.05) is 16.8 Å². The predicted octanol–water partition coefficient (Wildman–Crippen LogP) is 2.32. The van der Waals surface area contributed by atoms with Crippen molar-refractivity contribution in [2.45, 2.75) is 23.6 Å². The van der Waals surface area contributed by atoms with Gasteiger partial charge >= 0.3 is 6.18 Å². The second-order valence-corrected chi connectivity index (χ2v) is 8.42. The van der Waals surface area contributed by atoms with Gasteiger partial charge in [0, 0.05) is 11.4 Å². The summed E-state index contributed by atoms with van der Waals surface area (Å²) in [6.45, 7) is 0.922. The maximum atomic E-state index is 13.0. The largest absolute Gasteiger partial charge is 0.417 e. The first-order chi connectivity index (χ1) is 13.3. The van der Waals surface area contributed by atoms with Crippen molar-refractivity contribution in [3.63, 3.8) is 0 Å². The Morgan fingerprint density at radius 2 is 1.79 bits per heavy atom. The van der Waals surface area contributed by atoms with Gasteiger partial charge in [0.1, 0.15) is 0 Å². The molecule has 0 aliphatic carbocycles. The van der Waals surface area contributed by atoms with E-state index >= 15 is 0 Å². The third kappa shape index (κ3) is 5.24. The SMILES string of the molecule is C[C@@](O)(CS(=O)(=O)c1ccc(N)cc1)C(=O)Nc1ccc(C#N)c(C(F)(F)F)c1. The van der Waals surface area contributed by atoms with Gasteiger partial charge in [-0.2, -0.15) is 18.4 Å². The summed E-state index contributed by atoms with van der Waals surface area (Å²) in [5.41, 5.74) is 1.08. The van der Waals surface area contributed by atoms with Gasteiger partial charge in [0.05, 0.1) is 27.8 Å². The van der Waals surface area contributed by atoms with Crippen LogP contribution in [0.4, 0.5) is 24.5 Å². The number of benzene rings is 2. The Bertz CT molecular complexity index is 1070. The fraction of sp³-hybridized carbons (Fsp3) is 0.222. The molecule has 0 aliphatic heterocycles. The summed E-state index contributed by atoms with van der Waals surface area (Å²) in [6.07, 6.45) is -4.84. The molecule has 1 amide bonds. The molecule has 0 radical (unpaired) electrons. The van der Waals surface area contributed by atoms with Crippen molar-refractivity contribution < 1.29 is 31.5 Å². The van der Waals surface area contributed by atoms with Gasteiger partial charge in [-0.25, -0.2) is 8.42 Å². The molecule has 0 aliphatic rings. The number of alkyl halides is 3. The normalized spacial score (nSPS) is 13.9. The van der Waals surface area contributed by atoms with E-state index in [4.69, 9.17) is 11.0 Å². The zero-order valence-electron chi connectivity index (χ0n) is 15.0. The maximum Gasteiger partial charge on any atom is 0.417 e. The van der Waals surface area contributed by atoms with E-state index in [9.17, 15) is 31.5 Å². The number of nitrogens with two attached hydrogens (primary N) is 1. The number of nitriles is 1. The smallest absolute Gasteiger partial charge is 0.399 e. The van der Waals surface area contributed by atoms with E-state index in [1.807, 2.05) is 5.32 Å². The lowest BCUT2D eigenvalue weighted by Crippen LogP contribution is -2.45. The summed E-state index contributed by atoms with van der Waals surface area (Å²) in [5, 5.41) is 21.2. The molecular weight excluding hydrogens is 411 g/mol. The van der Waals surface area contributed by atoms with E-state index in [1.54, 1.807) is 0 Å².